The van der Waals surface area contributed by atoms with E-state index in [4.69, 9.17) is 5.73 Å². The first kappa shape index (κ1) is 11.7. The second-order valence-corrected chi connectivity index (χ2v) is 3.89. The first-order chi connectivity index (χ1) is 8.10. The predicted octanol–water partition coefficient (Wildman–Crippen LogP) is 1.98. The number of nitrogens with two attached hydrogens (primary N) is 1. The summed E-state index contributed by atoms with van der Waals surface area (Å²) in [4.78, 5) is 0. The lowest BCUT2D eigenvalue weighted by Gasteiger charge is -2.02. The van der Waals surface area contributed by atoms with Gasteiger partial charge in [-0.15, -0.1) is 0 Å². The molecule has 0 aliphatic heterocycles. The second-order valence-electron chi connectivity index (χ2n) is 3.89. The van der Waals surface area contributed by atoms with Gasteiger partial charge in [0.2, 0.25) is 0 Å². The number of benzene rings is 1. The van der Waals surface area contributed by atoms with E-state index in [0.29, 0.717) is 18.7 Å². The number of aryl methyl sites for hydroxylation is 1. The van der Waals surface area contributed by atoms with Gasteiger partial charge in [0.1, 0.15) is 0 Å². The van der Waals surface area contributed by atoms with Crippen LogP contribution in [0.4, 0.5) is 8.78 Å². The molecule has 0 fully saturated rings. The van der Waals surface area contributed by atoms with Crippen molar-refractivity contribution in [1.82, 2.24) is 9.78 Å². The lowest BCUT2D eigenvalue weighted by Crippen LogP contribution is -2.01. The van der Waals surface area contributed by atoms with Gasteiger partial charge in [-0.1, -0.05) is 6.07 Å². The summed E-state index contributed by atoms with van der Waals surface area (Å²) >= 11 is 0. The number of rotatable bonds is 3. The molecule has 90 valence electrons. The standard InChI is InChI=1S/C12H13F2N3/c1-8-10(5-15)7-17(16-8)6-9-2-3-11(13)12(14)4-9/h2-4,7H,5-6,15H2,1H3. The molecule has 2 aromatic rings. The maximum Gasteiger partial charge on any atom is 0.159 e. The van der Waals surface area contributed by atoms with Crippen LogP contribution in [0.5, 0.6) is 0 Å². The average molecular weight is 237 g/mol. The summed E-state index contributed by atoms with van der Waals surface area (Å²) in [5.41, 5.74) is 8.01. The summed E-state index contributed by atoms with van der Waals surface area (Å²) in [6, 6.07) is 3.83. The van der Waals surface area contributed by atoms with E-state index in [1.165, 1.54) is 12.1 Å². The largest absolute Gasteiger partial charge is 0.326 e. The molecule has 0 aliphatic carbocycles. The van der Waals surface area contributed by atoms with Gasteiger partial charge in [0.05, 0.1) is 12.2 Å². The zero-order valence-electron chi connectivity index (χ0n) is 9.45. The maximum absolute atomic E-state index is 13.0. The normalized spacial score (nSPS) is 10.8. The summed E-state index contributed by atoms with van der Waals surface area (Å²) in [5, 5.41) is 4.25. The van der Waals surface area contributed by atoms with Gasteiger partial charge in [-0.3, -0.25) is 4.68 Å². The zero-order chi connectivity index (χ0) is 12.4. The van der Waals surface area contributed by atoms with Crippen LogP contribution in [0.1, 0.15) is 16.8 Å². The molecule has 0 atom stereocenters. The predicted molar refractivity (Wildman–Crippen MR) is 60.3 cm³/mol. The molecule has 0 amide bonds. The lowest BCUT2D eigenvalue weighted by molar-refractivity contribution is 0.505. The number of aromatic nitrogens is 2. The van der Waals surface area contributed by atoms with Crippen molar-refractivity contribution >= 4 is 0 Å². The molecule has 1 aromatic carbocycles. The molecule has 1 heterocycles. The van der Waals surface area contributed by atoms with Crippen LogP contribution in [0.2, 0.25) is 0 Å². The molecule has 0 aliphatic rings. The Kier molecular flexibility index (Phi) is 3.19. The quantitative estimate of drug-likeness (QED) is 0.887. The summed E-state index contributed by atoms with van der Waals surface area (Å²) < 4.78 is 27.4. The molecule has 2 N–H and O–H groups in total. The Morgan fingerprint density at radius 1 is 1.29 bits per heavy atom. The van der Waals surface area contributed by atoms with Gasteiger partial charge in [0, 0.05) is 18.3 Å². The van der Waals surface area contributed by atoms with Crippen LogP contribution in [0.3, 0.4) is 0 Å². The third-order valence-electron chi connectivity index (χ3n) is 2.60. The van der Waals surface area contributed by atoms with Crippen LogP contribution in [-0.2, 0) is 13.1 Å². The first-order valence-electron chi connectivity index (χ1n) is 5.27. The summed E-state index contributed by atoms with van der Waals surface area (Å²) in [6.45, 7) is 2.69. The molecule has 0 bridgehead atoms. The van der Waals surface area contributed by atoms with Crippen molar-refractivity contribution < 1.29 is 8.78 Å². The minimum absolute atomic E-state index is 0.401. The number of hydrogen-bond acceptors (Lipinski definition) is 2. The fourth-order valence-electron chi connectivity index (χ4n) is 1.67. The van der Waals surface area contributed by atoms with Crippen molar-refractivity contribution in [2.24, 2.45) is 5.73 Å². The van der Waals surface area contributed by atoms with E-state index in [1.807, 2.05) is 13.1 Å². The van der Waals surface area contributed by atoms with E-state index in [-0.39, 0.29) is 0 Å². The topological polar surface area (TPSA) is 43.8 Å². The van der Waals surface area contributed by atoms with Crippen molar-refractivity contribution in [2.45, 2.75) is 20.0 Å². The molecule has 0 unspecified atom stereocenters. The third kappa shape index (κ3) is 2.50. The highest BCUT2D eigenvalue weighted by Crippen LogP contribution is 2.11. The Morgan fingerprint density at radius 3 is 2.65 bits per heavy atom. The monoisotopic (exact) mass is 237 g/mol. The molecule has 0 radical (unpaired) electrons. The number of hydrogen-bond donors (Lipinski definition) is 1. The van der Waals surface area contributed by atoms with Crippen LogP contribution in [-0.4, -0.2) is 9.78 Å². The maximum atomic E-state index is 13.0. The zero-order valence-corrected chi connectivity index (χ0v) is 9.45. The van der Waals surface area contributed by atoms with E-state index in [9.17, 15) is 8.78 Å². The van der Waals surface area contributed by atoms with E-state index in [2.05, 4.69) is 5.10 Å². The number of halogens is 2. The molecule has 5 heteroatoms. The Hall–Kier alpha value is -1.75. The van der Waals surface area contributed by atoms with E-state index >= 15 is 0 Å². The van der Waals surface area contributed by atoms with Crippen LogP contribution < -0.4 is 5.73 Å². The van der Waals surface area contributed by atoms with E-state index in [0.717, 1.165) is 17.3 Å². The van der Waals surface area contributed by atoms with Gasteiger partial charge in [0.15, 0.2) is 11.6 Å². The highest BCUT2D eigenvalue weighted by atomic mass is 19.2. The van der Waals surface area contributed by atoms with Crippen LogP contribution in [0.25, 0.3) is 0 Å². The van der Waals surface area contributed by atoms with Gasteiger partial charge < -0.3 is 5.73 Å². The Labute approximate surface area is 97.9 Å². The molecular formula is C12H13F2N3. The molecule has 1 aromatic heterocycles. The highest BCUT2D eigenvalue weighted by molar-refractivity contribution is 5.20. The lowest BCUT2D eigenvalue weighted by atomic mass is 10.2. The smallest absolute Gasteiger partial charge is 0.159 e. The fraction of sp³-hybridized carbons (Fsp3) is 0.250. The van der Waals surface area contributed by atoms with E-state index in [1.54, 1.807) is 4.68 Å². The van der Waals surface area contributed by atoms with Crippen LogP contribution >= 0.6 is 0 Å². The molecule has 0 saturated heterocycles. The summed E-state index contributed by atoms with van der Waals surface area (Å²) in [5.74, 6) is -1.68. The number of nitrogens with zero attached hydrogens (tertiary/aromatic N) is 2. The average Bonchev–Trinajstić information content (AvgIpc) is 2.64. The van der Waals surface area contributed by atoms with Crippen molar-refractivity contribution in [2.75, 3.05) is 0 Å². The molecule has 3 nitrogen and oxygen atoms in total. The SMILES string of the molecule is Cc1nn(Cc2ccc(F)c(F)c2)cc1CN. The van der Waals surface area contributed by atoms with Crippen LogP contribution in [0, 0.1) is 18.6 Å². The minimum atomic E-state index is -0.842. The highest BCUT2D eigenvalue weighted by Gasteiger charge is 2.06. The molecule has 0 saturated carbocycles. The van der Waals surface area contributed by atoms with Crippen molar-refractivity contribution in [1.29, 1.82) is 0 Å². The van der Waals surface area contributed by atoms with Gasteiger partial charge in [-0.25, -0.2) is 8.78 Å². The van der Waals surface area contributed by atoms with Crippen molar-refractivity contribution in [3.8, 4) is 0 Å². The summed E-state index contributed by atoms with van der Waals surface area (Å²) in [6.07, 6.45) is 1.82. The van der Waals surface area contributed by atoms with Gasteiger partial charge in [-0.05, 0) is 24.6 Å². The minimum Gasteiger partial charge on any atom is -0.326 e. The molecule has 17 heavy (non-hydrogen) atoms. The summed E-state index contributed by atoms with van der Waals surface area (Å²) in [7, 11) is 0. The fourth-order valence-corrected chi connectivity index (χ4v) is 1.67. The third-order valence-corrected chi connectivity index (χ3v) is 2.60. The Bertz CT molecular complexity index is 535. The Balaban J connectivity index is 2.22. The van der Waals surface area contributed by atoms with Gasteiger partial charge in [-0.2, -0.15) is 5.10 Å². The van der Waals surface area contributed by atoms with E-state index < -0.39 is 11.6 Å². The van der Waals surface area contributed by atoms with Crippen LogP contribution in [0.15, 0.2) is 24.4 Å². The van der Waals surface area contributed by atoms with Gasteiger partial charge in [0.25, 0.3) is 0 Å². The van der Waals surface area contributed by atoms with Crippen molar-refractivity contribution in [3.05, 3.63) is 52.9 Å². The Morgan fingerprint density at radius 2 is 2.06 bits per heavy atom. The molecular weight excluding hydrogens is 224 g/mol. The van der Waals surface area contributed by atoms with Gasteiger partial charge >= 0.3 is 0 Å². The molecule has 2 rings (SSSR count). The second kappa shape index (κ2) is 4.63. The molecule has 0 spiro atoms. The van der Waals surface area contributed by atoms with Crippen molar-refractivity contribution in [3.63, 3.8) is 0 Å². The first-order valence-corrected chi connectivity index (χ1v) is 5.27.